The van der Waals surface area contributed by atoms with E-state index in [1.54, 1.807) is 39.7 Å². The van der Waals surface area contributed by atoms with Crippen molar-refractivity contribution < 1.29 is 18.6 Å². The number of nitrogens with one attached hydrogen (secondary N) is 1. The Labute approximate surface area is 168 Å². The van der Waals surface area contributed by atoms with E-state index in [-0.39, 0.29) is 5.56 Å². The van der Waals surface area contributed by atoms with Crippen LogP contribution in [-0.4, -0.2) is 42.7 Å². The average molecular weight is 397 g/mol. The number of aromatic amines is 1. The van der Waals surface area contributed by atoms with Gasteiger partial charge in [0.15, 0.2) is 11.6 Å². The molecule has 3 aromatic rings. The Bertz CT molecular complexity index is 1030. The SMILES string of the molecule is COc1cc(OC)c(CN2CCc3nc(-c4ccco4)[nH]c(=O)c3C2)c(OC)c1. The topological polar surface area (TPSA) is 89.8 Å². The van der Waals surface area contributed by atoms with E-state index >= 15 is 0 Å². The molecule has 0 saturated heterocycles. The third kappa shape index (κ3) is 3.71. The fourth-order valence-corrected chi connectivity index (χ4v) is 3.60. The van der Waals surface area contributed by atoms with Crippen LogP contribution in [0.15, 0.2) is 39.7 Å². The number of benzene rings is 1. The summed E-state index contributed by atoms with van der Waals surface area (Å²) in [7, 11) is 4.84. The quantitative estimate of drug-likeness (QED) is 0.684. The van der Waals surface area contributed by atoms with Gasteiger partial charge in [0.2, 0.25) is 0 Å². The Kier molecular flexibility index (Phi) is 5.26. The van der Waals surface area contributed by atoms with Crippen molar-refractivity contribution in [1.29, 1.82) is 0 Å². The predicted octanol–water partition coefficient (Wildman–Crippen LogP) is 2.61. The molecule has 0 amide bonds. The van der Waals surface area contributed by atoms with Gasteiger partial charge in [0.05, 0.1) is 44.4 Å². The molecule has 0 atom stereocenters. The normalized spacial score (nSPS) is 13.8. The van der Waals surface area contributed by atoms with Gasteiger partial charge in [-0.15, -0.1) is 0 Å². The van der Waals surface area contributed by atoms with E-state index in [1.165, 1.54) is 0 Å². The molecule has 0 spiro atoms. The Morgan fingerprint density at radius 2 is 1.93 bits per heavy atom. The number of hydrogen-bond acceptors (Lipinski definition) is 7. The van der Waals surface area contributed by atoms with Crippen LogP contribution in [0.25, 0.3) is 11.6 Å². The van der Waals surface area contributed by atoms with Crippen LogP contribution in [0.2, 0.25) is 0 Å². The first-order chi connectivity index (χ1) is 14.1. The molecular weight excluding hydrogens is 374 g/mol. The average Bonchev–Trinajstić information content (AvgIpc) is 3.29. The molecule has 0 bridgehead atoms. The van der Waals surface area contributed by atoms with Gasteiger partial charge in [-0.25, -0.2) is 4.98 Å². The van der Waals surface area contributed by atoms with Crippen molar-refractivity contribution in [2.75, 3.05) is 27.9 Å². The first kappa shape index (κ1) is 19.1. The highest BCUT2D eigenvalue weighted by Crippen LogP contribution is 2.35. The minimum atomic E-state index is -0.139. The number of hydrogen-bond donors (Lipinski definition) is 1. The lowest BCUT2D eigenvalue weighted by molar-refractivity contribution is 0.233. The fraction of sp³-hybridized carbons (Fsp3) is 0.333. The van der Waals surface area contributed by atoms with E-state index in [0.29, 0.717) is 53.9 Å². The van der Waals surface area contributed by atoms with Gasteiger partial charge in [-0.05, 0) is 12.1 Å². The maximum absolute atomic E-state index is 12.7. The molecule has 0 unspecified atom stereocenters. The van der Waals surface area contributed by atoms with Crippen molar-refractivity contribution in [1.82, 2.24) is 14.9 Å². The fourth-order valence-electron chi connectivity index (χ4n) is 3.60. The van der Waals surface area contributed by atoms with Gasteiger partial charge in [-0.3, -0.25) is 9.69 Å². The van der Waals surface area contributed by atoms with Crippen LogP contribution in [0.3, 0.4) is 0 Å². The van der Waals surface area contributed by atoms with Crippen LogP contribution in [0.1, 0.15) is 16.8 Å². The zero-order valence-corrected chi connectivity index (χ0v) is 16.7. The maximum Gasteiger partial charge on any atom is 0.256 e. The zero-order valence-electron chi connectivity index (χ0n) is 16.7. The highest BCUT2D eigenvalue weighted by molar-refractivity contribution is 5.51. The van der Waals surface area contributed by atoms with Crippen molar-refractivity contribution in [2.45, 2.75) is 19.5 Å². The molecule has 0 fully saturated rings. The molecule has 0 radical (unpaired) electrons. The van der Waals surface area contributed by atoms with Crippen LogP contribution in [-0.2, 0) is 19.5 Å². The van der Waals surface area contributed by atoms with Crippen LogP contribution >= 0.6 is 0 Å². The van der Waals surface area contributed by atoms with Gasteiger partial charge in [0.1, 0.15) is 17.2 Å². The minimum absolute atomic E-state index is 0.139. The number of fused-ring (bicyclic) bond motifs is 1. The summed E-state index contributed by atoms with van der Waals surface area (Å²) in [5, 5.41) is 0. The lowest BCUT2D eigenvalue weighted by atomic mass is 10.0. The largest absolute Gasteiger partial charge is 0.496 e. The molecule has 1 N–H and O–H groups in total. The summed E-state index contributed by atoms with van der Waals surface area (Å²) in [6, 6.07) is 7.22. The van der Waals surface area contributed by atoms with Gasteiger partial charge < -0.3 is 23.6 Å². The number of H-pyrrole nitrogens is 1. The van der Waals surface area contributed by atoms with Crippen LogP contribution in [0.5, 0.6) is 17.2 Å². The number of ether oxygens (including phenoxy) is 3. The van der Waals surface area contributed by atoms with Crippen LogP contribution in [0, 0.1) is 0 Å². The number of methoxy groups -OCH3 is 3. The molecule has 2 aromatic heterocycles. The summed E-state index contributed by atoms with van der Waals surface area (Å²) in [4.78, 5) is 22.3. The number of rotatable bonds is 6. The maximum atomic E-state index is 12.7. The van der Waals surface area contributed by atoms with Crippen molar-refractivity contribution in [3.63, 3.8) is 0 Å². The molecule has 4 rings (SSSR count). The number of aromatic nitrogens is 2. The Morgan fingerprint density at radius 1 is 1.17 bits per heavy atom. The summed E-state index contributed by atoms with van der Waals surface area (Å²) in [6.07, 6.45) is 2.24. The van der Waals surface area contributed by atoms with Gasteiger partial charge in [-0.2, -0.15) is 0 Å². The summed E-state index contributed by atoms with van der Waals surface area (Å²) < 4.78 is 21.8. The molecular formula is C21H23N3O5. The van der Waals surface area contributed by atoms with Crippen molar-refractivity contribution in [3.8, 4) is 28.8 Å². The molecule has 1 aromatic carbocycles. The third-order valence-electron chi connectivity index (χ3n) is 5.10. The number of nitrogens with zero attached hydrogens (tertiary/aromatic N) is 2. The summed E-state index contributed by atoms with van der Waals surface area (Å²) >= 11 is 0. The summed E-state index contributed by atoms with van der Waals surface area (Å²) in [5.74, 6) is 3.06. The van der Waals surface area contributed by atoms with E-state index in [4.69, 9.17) is 18.6 Å². The van der Waals surface area contributed by atoms with Gasteiger partial charge in [-0.1, -0.05) is 0 Å². The standard InChI is InChI=1S/C21H23N3O5/c1-26-13-9-18(27-2)15(19(10-13)28-3)12-24-7-6-16-14(11-24)21(25)23-20(22-16)17-5-4-8-29-17/h4-5,8-10H,6-7,11-12H2,1-3H3,(H,22,23,25). The van der Waals surface area contributed by atoms with Crippen molar-refractivity contribution in [2.24, 2.45) is 0 Å². The van der Waals surface area contributed by atoms with Crippen LogP contribution in [0.4, 0.5) is 0 Å². The van der Waals surface area contributed by atoms with Gasteiger partial charge in [0, 0.05) is 38.2 Å². The molecule has 152 valence electrons. The van der Waals surface area contributed by atoms with Crippen molar-refractivity contribution >= 4 is 0 Å². The second kappa shape index (κ2) is 8.00. The summed E-state index contributed by atoms with van der Waals surface area (Å²) in [6.45, 7) is 1.84. The molecule has 0 saturated carbocycles. The molecule has 8 heteroatoms. The molecule has 3 heterocycles. The van der Waals surface area contributed by atoms with E-state index in [1.807, 2.05) is 12.1 Å². The van der Waals surface area contributed by atoms with Crippen LogP contribution < -0.4 is 19.8 Å². The van der Waals surface area contributed by atoms with Gasteiger partial charge >= 0.3 is 0 Å². The molecule has 29 heavy (non-hydrogen) atoms. The lowest BCUT2D eigenvalue weighted by Crippen LogP contribution is -2.35. The Hall–Kier alpha value is -3.26. The molecule has 0 aliphatic carbocycles. The molecule has 1 aliphatic rings. The Balaban J connectivity index is 1.61. The smallest absolute Gasteiger partial charge is 0.256 e. The second-order valence-corrected chi connectivity index (χ2v) is 6.79. The summed E-state index contributed by atoms with van der Waals surface area (Å²) in [5.41, 5.74) is 2.26. The monoisotopic (exact) mass is 397 g/mol. The molecule has 1 aliphatic heterocycles. The van der Waals surface area contributed by atoms with Gasteiger partial charge in [0.25, 0.3) is 5.56 Å². The predicted molar refractivity (Wildman–Crippen MR) is 106 cm³/mol. The lowest BCUT2D eigenvalue weighted by Gasteiger charge is -2.28. The highest BCUT2D eigenvalue weighted by Gasteiger charge is 2.24. The van der Waals surface area contributed by atoms with E-state index in [9.17, 15) is 4.79 Å². The first-order valence-corrected chi connectivity index (χ1v) is 9.30. The van der Waals surface area contributed by atoms with E-state index < -0.39 is 0 Å². The van der Waals surface area contributed by atoms with E-state index in [2.05, 4.69) is 14.9 Å². The Morgan fingerprint density at radius 3 is 2.55 bits per heavy atom. The molecule has 8 nitrogen and oxygen atoms in total. The highest BCUT2D eigenvalue weighted by atomic mass is 16.5. The van der Waals surface area contributed by atoms with E-state index in [0.717, 1.165) is 17.8 Å². The minimum Gasteiger partial charge on any atom is -0.496 e. The second-order valence-electron chi connectivity index (χ2n) is 6.79. The zero-order chi connectivity index (χ0) is 20.4. The number of furan rings is 1. The van der Waals surface area contributed by atoms with Crippen molar-refractivity contribution in [3.05, 3.63) is 57.7 Å². The first-order valence-electron chi connectivity index (χ1n) is 9.30. The third-order valence-corrected chi connectivity index (χ3v) is 5.10.